The Bertz CT molecular complexity index is 927. The maximum absolute atomic E-state index is 13.4. The molecule has 0 saturated carbocycles. The average Bonchev–Trinajstić information content (AvgIpc) is 3.12. The van der Waals surface area contributed by atoms with E-state index in [4.69, 9.17) is 9.47 Å². The van der Waals surface area contributed by atoms with Crippen molar-refractivity contribution in [1.29, 1.82) is 0 Å². The molecule has 0 aliphatic heterocycles. The molecule has 1 aromatic heterocycles. The highest BCUT2D eigenvalue weighted by atomic mass is 16.5. The van der Waals surface area contributed by atoms with Gasteiger partial charge < -0.3 is 9.47 Å². The van der Waals surface area contributed by atoms with Gasteiger partial charge in [0, 0.05) is 12.0 Å². The van der Waals surface area contributed by atoms with E-state index in [2.05, 4.69) is 12.0 Å². The van der Waals surface area contributed by atoms with Crippen LogP contribution in [0.1, 0.15) is 78.8 Å². The number of Topliss-reactive ketones (excluding diaryl/α,β-unsaturated/α-hetero) is 1. The second kappa shape index (κ2) is 8.39. The van der Waals surface area contributed by atoms with Crippen LogP contribution < -0.4 is 9.47 Å². The van der Waals surface area contributed by atoms with Crippen molar-refractivity contribution in [2.24, 2.45) is 5.41 Å². The summed E-state index contributed by atoms with van der Waals surface area (Å²) in [5.74, 6) is 0.604. The first kappa shape index (κ1) is 21.1. The number of unbranched alkanes of at least 4 members (excludes halogenated alkanes) is 1. The number of fused-ring (bicyclic) bond motifs is 1. The number of hydrogen-bond acceptors (Lipinski definition) is 5. The summed E-state index contributed by atoms with van der Waals surface area (Å²) >= 11 is 0. The molecule has 2 aromatic rings. The minimum Gasteiger partial charge on any atom is -0.495 e. The maximum Gasteiger partial charge on any atom is 0.223 e. The lowest BCUT2D eigenvalue weighted by Crippen LogP contribution is -2.31. The molecule has 1 aromatic carbocycles. The molecule has 0 saturated heterocycles. The van der Waals surface area contributed by atoms with Gasteiger partial charge in [-0.2, -0.15) is 5.10 Å². The molecule has 0 spiro atoms. The van der Waals surface area contributed by atoms with Gasteiger partial charge in [0.1, 0.15) is 11.3 Å². The van der Waals surface area contributed by atoms with Crippen LogP contribution in [0.3, 0.4) is 0 Å². The van der Waals surface area contributed by atoms with Crippen LogP contribution in [0, 0.1) is 5.41 Å². The number of hydrogen-bond donors (Lipinski definition) is 0. The third-order valence-corrected chi connectivity index (χ3v) is 5.63. The first-order valence-electron chi connectivity index (χ1n) is 10.3. The number of carbonyl (C=O) groups is 2. The highest BCUT2D eigenvalue weighted by Crippen LogP contribution is 2.41. The van der Waals surface area contributed by atoms with Gasteiger partial charge in [-0.05, 0) is 37.8 Å². The molecule has 156 valence electrons. The lowest BCUT2D eigenvalue weighted by molar-refractivity contribution is 0.0807. The highest BCUT2D eigenvalue weighted by molar-refractivity contribution is 6.15. The van der Waals surface area contributed by atoms with Crippen LogP contribution in [0.4, 0.5) is 0 Å². The molecule has 6 heteroatoms. The van der Waals surface area contributed by atoms with Crippen LogP contribution in [0.25, 0.3) is 0 Å². The van der Waals surface area contributed by atoms with E-state index in [1.807, 2.05) is 26.8 Å². The monoisotopic (exact) mass is 398 g/mol. The summed E-state index contributed by atoms with van der Waals surface area (Å²) < 4.78 is 13.2. The highest BCUT2D eigenvalue weighted by Gasteiger charge is 2.38. The summed E-state index contributed by atoms with van der Waals surface area (Å²) in [6, 6.07) is 3.63. The molecule has 0 N–H and O–H groups in total. The number of rotatable bonds is 8. The van der Waals surface area contributed by atoms with Crippen LogP contribution >= 0.6 is 0 Å². The number of aromatic nitrogens is 2. The standard InChI is InChI=1S/C23H30N2O4/c1-6-8-13-29-22-17(14-24-25(22)7-2)19(26)16-10-9-15-11-12-23(3,4)21(27)18(15)20(16)28-5/h9-10,14H,6-8,11-13H2,1-5H3. The molecule has 1 aliphatic rings. The van der Waals surface area contributed by atoms with Crippen molar-refractivity contribution in [3.05, 3.63) is 40.6 Å². The van der Waals surface area contributed by atoms with E-state index in [0.717, 1.165) is 31.2 Å². The molecule has 3 rings (SSSR count). The summed E-state index contributed by atoms with van der Waals surface area (Å²) in [5, 5.41) is 4.30. The molecular formula is C23H30N2O4. The number of benzene rings is 1. The molecule has 0 amide bonds. The van der Waals surface area contributed by atoms with Gasteiger partial charge in [0.25, 0.3) is 0 Å². The Morgan fingerprint density at radius 1 is 1.24 bits per heavy atom. The Balaban J connectivity index is 2.06. The Kier molecular flexibility index (Phi) is 6.10. The largest absolute Gasteiger partial charge is 0.495 e. The van der Waals surface area contributed by atoms with E-state index >= 15 is 0 Å². The van der Waals surface area contributed by atoms with Crippen molar-refractivity contribution in [3.63, 3.8) is 0 Å². The average molecular weight is 399 g/mol. The zero-order valence-electron chi connectivity index (χ0n) is 18.0. The lowest BCUT2D eigenvalue weighted by atomic mass is 9.72. The molecule has 0 bridgehead atoms. The number of aryl methyl sites for hydroxylation is 2. The van der Waals surface area contributed by atoms with Gasteiger partial charge in [-0.25, -0.2) is 4.68 Å². The number of ether oxygens (including phenoxy) is 2. The maximum atomic E-state index is 13.4. The minimum absolute atomic E-state index is 0.0222. The van der Waals surface area contributed by atoms with Crippen molar-refractivity contribution in [2.45, 2.75) is 59.9 Å². The van der Waals surface area contributed by atoms with Gasteiger partial charge in [-0.1, -0.05) is 33.3 Å². The van der Waals surface area contributed by atoms with Gasteiger partial charge in [0.15, 0.2) is 5.78 Å². The van der Waals surface area contributed by atoms with Crippen LogP contribution in [0.15, 0.2) is 18.3 Å². The third kappa shape index (κ3) is 3.80. The van der Waals surface area contributed by atoms with Gasteiger partial charge in [0.05, 0.1) is 31.0 Å². The Morgan fingerprint density at radius 3 is 2.66 bits per heavy atom. The summed E-state index contributed by atoms with van der Waals surface area (Å²) in [4.78, 5) is 26.5. The zero-order chi connectivity index (χ0) is 21.2. The van der Waals surface area contributed by atoms with Gasteiger partial charge >= 0.3 is 0 Å². The third-order valence-electron chi connectivity index (χ3n) is 5.63. The number of nitrogens with zero attached hydrogens (tertiary/aromatic N) is 2. The predicted octanol–water partition coefficient (Wildman–Crippen LogP) is 4.48. The van der Waals surface area contributed by atoms with Crippen LogP contribution in [0.2, 0.25) is 0 Å². The molecule has 29 heavy (non-hydrogen) atoms. The molecule has 1 aliphatic carbocycles. The van der Waals surface area contributed by atoms with Crippen molar-refractivity contribution < 1.29 is 19.1 Å². The molecule has 0 unspecified atom stereocenters. The van der Waals surface area contributed by atoms with Gasteiger partial charge in [-0.3, -0.25) is 9.59 Å². The molecule has 0 atom stereocenters. The fourth-order valence-corrected chi connectivity index (χ4v) is 3.74. The molecule has 1 heterocycles. The number of carbonyl (C=O) groups excluding carboxylic acids is 2. The van der Waals surface area contributed by atoms with Gasteiger partial charge in [-0.15, -0.1) is 0 Å². The van der Waals surface area contributed by atoms with Crippen molar-refractivity contribution in [1.82, 2.24) is 9.78 Å². The number of methoxy groups -OCH3 is 1. The Labute approximate surface area is 172 Å². The quantitative estimate of drug-likeness (QED) is 0.484. The second-order valence-electron chi connectivity index (χ2n) is 8.10. The van der Waals surface area contributed by atoms with Crippen LogP contribution in [-0.4, -0.2) is 35.1 Å². The SMILES string of the molecule is CCCCOc1c(C(=O)c2ccc3c(c2OC)C(=O)C(C)(C)CC3)cnn1CC. The molecule has 0 radical (unpaired) electrons. The Hall–Kier alpha value is -2.63. The van der Waals surface area contributed by atoms with Crippen LogP contribution in [-0.2, 0) is 13.0 Å². The van der Waals surface area contributed by atoms with E-state index in [9.17, 15) is 9.59 Å². The minimum atomic E-state index is -0.469. The van der Waals surface area contributed by atoms with E-state index in [-0.39, 0.29) is 11.6 Å². The summed E-state index contributed by atoms with van der Waals surface area (Å²) in [5.41, 5.74) is 1.76. The summed E-state index contributed by atoms with van der Waals surface area (Å²) in [6.45, 7) is 9.05. The molecule has 6 nitrogen and oxygen atoms in total. The fraction of sp³-hybridized carbons (Fsp3) is 0.522. The Morgan fingerprint density at radius 2 is 2.00 bits per heavy atom. The van der Waals surface area contributed by atoms with Crippen molar-refractivity contribution >= 4 is 11.6 Å². The van der Waals surface area contributed by atoms with E-state index in [1.165, 1.54) is 13.3 Å². The predicted molar refractivity (Wildman–Crippen MR) is 111 cm³/mol. The number of ketones is 2. The van der Waals surface area contributed by atoms with Crippen LogP contribution in [0.5, 0.6) is 11.6 Å². The van der Waals surface area contributed by atoms with E-state index in [0.29, 0.717) is 41.5 Å². The topological polar surface area (TPSA) is 70.4 Å². The molecular weight excluding hydrogens is 368 g/mol. The first-order chi connectivity index (χ1) is 13.9. The summed E-state index contributed by atoms with van der Waals surface area (Å²) in [6.07, 6.45) is 5.01. The van der Waals surface area contributed by atoms with E-state index < -0.39 is 5.41 Å². The first-order valence-corrected chi connectivity index (χ1v) is 10.3. The lowest BCUT2D eigenvalue weighted by Gasteiger charge is -2.31. The summed E-state index contributed by atoms with van der Waals surface area (Å²) in [7, 11) is 1.51. The van der Waals surface area contributed by atoms with Crippen molar-refractivity contribution in [2.75, 3.05) is 13.7 Å². The fourth-order valence-electron chi connectivity index (χ4n) is 3.74. The smallest absolute Gasteiger partial charge is 0.223 e. The van der Waals surface area contributed by atoms with E-state index in [1.54, 1.807) is 10.7 Å². The second-order valence-corrected chi connectivity index (χ2v) is 8.10. The zero-order valence-corrected chi connectivity index (χ0v) is 18.0. The van der Waals surface area contributed by atoms with Crippen molar-refractivity contribution in [3.8, 4) is 11.6 Å². The molecule has 0 fully saturated rings. The normalized spacial score (nSPS) is 15.1. The van der Waals surface area contributed by atoms with Gasteiger partial charge in [0.2, 0.25) is 11.7 Å².